The normalized spacial score (nSPS) is 12.5. The Labute approximate surface area is 246 Å². The number of aromatic nitrogens is 1. The van der Waals surface area contributed by atoms with Crippen molar-refractivity contribution in [1.29, 1.82) is 0 Å². The van der Waals surface area contributed by atoms with Gasteiger partial charge in [0.2, 0.25) is 0 Å². The van der Waals surface area contributed by atoms with Crippen LogP contribution in [-0.4, -0.2) is 32.9 Å². The van der Waals surface area contributed by atoms with Crippen molar-refractivity contribution in [2.45, 2.75) is 77.5 Å². The Balaban J connectivity index is 1.92. The van der Waals surface area contributed by atoms with Crippen LogP contribution in [0, 0.1) is 0 Å². The number of carbonyl (C=O) groups is 1. The summed E-state index contributed by atoms with van der Waals surface area (Å²) < 4.78 is 92.6. The van der Waals surface area contributed by atoms with Gasteiger partial charge >= 0.3 is 6.18 Å². The Morgan fingerprint density at radius 2 is 1.61 bits per heavy atom. The molecule has 0 aliphatic heterocycles. The Morgan fingerprint density at radius 1 is 0.976 bits per heavy atom. The first-order valence-electron chi connectivity index (χ1n) is 12.6. The van der Waals surface area contributed by atoms with Crippen molar-refractivity contribution in [3.63, 3.8) is 0 Å². The number of ketones is 1. The van der Waals surface area contributed by atoms with Gasteiger partial charge in [0.15, 0.2) is 15.6 Å². The minimum atomic E-state index is -4.70. The highest BCUT2D eigenvalue weighted by atomic mass is 35.5. The minimum absolute atomic E-state index is 0.00991. The lowest BCUT2D eigenvalue weighted by molar-refractivity contribution is -0.137. The number of hydrogen-bond acceptors (Lipinski definition) is 7. The van der Waals surface area contributed by atoms with E-state index in [9.17, 15) is 34.8 Å². The number of anilines is 1. The van der Waals surface area contributed by atoms with Gasteiger partial charge in [-0.25, -0.2) is 21.8 Å². The van der Waals surface area contributed by atoms with Crippen LogP contribution < -0.4 is 4.72 Å². The maximum atomic E-state index is 13.0. The second kappa shape index (κ2) is 13.1. The van der Waals surface area contributed by atoms with Crippen LogP contribution in [0.5, 0.6) is 0 Å². The molecule has 0 atom stereocenters. The molecule has 0 amide bonds. The third-order valence-electron chi connectivity index (χ3n) is 6.12. The second-order valence-electron chi connectivity index (χ2n) is 9.02. The first-order valence-corrected chi connectivity index (χ1v) is 16.8. The van der Waals surface area contributed by atoms with E-state index in [4.69, 9.17) is 11.6 Å². The molecule has 2 aromatic carbocycles. The van der Waals surface area contributed by atoms with E-state index in [-0.39, 0.29) is 28.6 Å². The number of nitrogens with one attached hydrogen (secondary N) is 1. The Bertz CT molecular complexity index is 1620. The fourth-order valence-electron chi connectivity index (χ4n) is 3.96. The predicted octanol–water partition coefficient (Wildman–Crippen LogP) is 7.65. The number of sulfonamides is 1. The lowest BCUT2D eigenvalue weighted by atomic mass is 10.1. The molecule has 0 saturated heterocycles. The zero-order valence-corrected chi connectivity index (χ0v) is 25.5. The molecule has 0 fully saturated rings. The molecule has 0 aliphatic rings. The number of carbonyl (C=O) groups excluding carboxylic acids is 1. The molecule has 0 bridgehead atoms. The van der Waals surface area contributed by atoms with Gasteiger partial charge in [0, 0.05) is 16.2 Å². The van der Waals surface area contributed by atoms with Gasteiger partial charge < -0.3 is 0 Å². The van der Waals surface area contributed by atoms with Gasteiger partial charge in [-0.2, -0.15) is 13.2 Å². The standard InChI is InChI=1S/C27H28ClF3N2O5S3/c1-4-7-22(34)26-23(39-18-9-11-20(12-10-18)40(35,36)19(5-2)6-3)13-15-25(32-26)33-41(37,38)24-14-8-17(16-21(24)28)27(29,30)31/h8-16,19H,4-7H2,1-3H3,(H,32,33). The Kier molecular flexibility index (Phi) is 10.5. The van der Waals surface area contributed by atoms with Crippen LogP contribution >= 0.6 is 23.4 Å². The van der Waals surface area contributed by atoms with E-state index in [2.05, 4.69) is 9.71 Å². The highest BCUT2D eigenvalue weighted by Crippen LogP contribution is 2.35. The molecular formula is C27H28ClF3N2O5S3. The molecule has 0 aliphatic carbocycles. The molecule has 14 heteroatoms. The fraction of sp³-hybridized carbons (Fsp3) is 0.333. The summed E-state index contributed by atoms with van der Waals surface area (Å²) in [6.07, 6.45) is -3.08. The first kappa shape index (κ1) is 32.9. The average Bonchev–Trinajstić information content (AvgIpc) is 2.89. The van der Waals surface area contributed by atoms with Crippen molar-refractivity contribution in [1.82, 2.24) is 4.98 Å². The fourth-order valence-corrected chi connectivity index (χ4v) is 8.21. The molecule has 0 spiro atoms. The second-order valence-corrected chi connectivity index (χ2v) is 14.4. The molecule has 0 unspecified atom stereocenters. The number of alkyl halides is 3. The van der Waals surface area contributed by atoms with Crippen LogP contribution in [0.15, 0.2) is 74.2 Å². The van der Waals surface area contributed by atoms with E-state index < -0.39 is 46.8 Å². The van der Waals surface area contributed by atoms with E-state index in [1.54, 1.807) is 19.1 Å². The van der Waals surface area contributed by atoms with Crippen LogP contribution in [0.1, 0.15) is 62.5 Å². The van der Waals surface area contributed by atoms with Gasteiger partial charge in [0.05, 0.1) is 20.7 Å². The maximum absolute atomic E-state index is 13.0. The number of hydrogen-bond donors (Lipinski definition) is 1. The summed E-state index contributed by atoms with van der Waals surface area (Å²) in [7, 11) is -7.93. The molecule has 1 N–H and O–H groups in total. The molecule has 1 aromatic heterocycles. The molecule has 0 radical (unpaired) electrons. The number of pyridine rings is 1. The van der Waals surface area contributed by atoms with E-state index in [0.29, 0.717) is 41.2 Å². The minimum Gasteiger partial charge on any atom is -0.292 e. The summed E-state index contributed by atoms with van der Waals surface area (Å²) in [5.74, 6) is -0.576. The van der Waals surface area contributed by atoms with Gasteiger partial charge in [-0.15, -0.1) is 0 Å². The Hall–Kier alpha value is -2.61. The lowest BCUT2D eigenvalue weighted by Gasteiger charge is -2.15. The van der Waals surface area contributed by atoms with Gasteiger partial charge in [0.1, 0.15) is 16.4 Å². The van der Waals surface area contributed by atoms with Crippen molar-refractivity contribution in [2.24, 2.45) is 0 Å². The summed E-state index contributed by atoms with van der Waals surface area (Å²) in [6.45, 7) is 5.43. The quantitative estimate of drug-likeness (QED) is 0.201. The smallest absolute Gasteiger partial charge is 0.292 e. The van der Waals surface area contributed by atoms with E-state index in [1.807, 2.05) is 13.8 Å². The molecule has 0 saturated carbocycles. The molecule has 41 heavy (non-hydrogen) atoms. The zero-order chi connectivity index (χ0) is 30.6. The summed E-state index contributed by atoms with van der Waals surface area (Å²) in [4.78, 5) is 17.8. The highest BCUT2D eigenvalue weighted by Gasteiger charge is 2.32. The molecular weight excluding hydrogens is 621 g/mol. The molecule has 3 aromatic rings. The third-order valence-corrected chi connectivity index (χ3v) is 11.5. The van der Waals surface area contributed by atoms with Crippen LogP contribution in [0.3, 0.4) is 0 Å². The molecule has 3 rings (SSSR count). The van der Waals surface area contributed by atoms with Crippen LogP contribution in [0.4, 0.5) is 19.0 Å². The largest absolute Gasteiger partial charge is 0.416 e. The van der Waals surface area contributed by atoms with Crippen LogP contribution in [0.2, 0.25) is 5.02 Å². The molecule has 7 nitrogen and oxygen atoms in total. The van der Waals surface area contributed by atoms with Gasteiger partial charge in [-0.05, 0) is 73.9 Å². The van der Waals surface area contributed by atoms with Gasteiger partial charge in [-0.1, -0.05) is 44.1 Å². The summed E-state index contributed by atoms with van der Waals surface area (Å²) in [6, 6.07) is 10.9. The van der Waals surface area contributed by atoms with Crippen molar-refractivity contribution in [2.75, 3.05) is 4.72 Å². The van der Waals surface area contributed by atoms with Crippen LogP contribution in [0.25, 0.3) is 0 Å². The zero-order valence-electron chi connectivity index (χ0n) is 22.3. The SMILES string of the molecule is CCCC(=O)c1nc(NS(=O)(=O)c2ccc(C(F)(F)F)cc2Cl)ccc1Sc1ccc(S(=O)(=O)C(CC)CC)cc1. The molecule has 222 valence electrons. The number of sulfone groups is 1. The summed E-state index contributed by atoms with van der Waals surface area (Å²) in [5.41, 5.74) is -1.11. The van der Waals surface area contributed by atoms with E-state index >= 15 is 0 Å². The average molecular weight is 649 g/mol. The van der Waals surface area contributed by atoms with Crippen molar-refractivity contribution >= 4 is 54.8 Å². The number of Topliss-reactive ketones (excluding diaryl/α,β-unsaturated/α-hetero) is 1. The summed E-state index contributed by atoms with van der Waals surface area (Å²) in [5, 5.41) is -1.12. The predicted molar refractivity (Wildman–Crippen MR) is 153 cm³/mol. The van der Waals surface area contributed by atoms with Gasteiger partial charge in [0.25, 0.3) is 10.0 Å². The van der Waals surface area contributed by atoms with Crippen molar-refractivity contribution < 1.29 is 34.8 Å². The lowest BCUT2D eigenvalue weighted by Crippen LogP contribution is -2.19. The topological polar surface area (TPSA) is 110 Å². The first-order chi connectivity index (χ1) is 19.1. The number of halogens is 4. The van der Waals surface area contributed by atoms with Gasteiger partial charge in [-0.3, -0.25) is 9.52 Å². The van der Waals surface area contributed by atoms with Crippen molar-refractivity contribution in [3.8, 4) is 0 Å². The maximum Gasteiger partial charge on any atom is 0.416 e. The number of benzene rings is 2. The highest BCUT2D eigenvalue weighted by molar-refractivity contribution is 7.99. The van der Waals surface area contributed by atoms with Crippen LogP contribution in [-0.2, 0) is 26.0 Å². The van der Waals surface area contributed by atoms with Crippen molar-refractivity contribution in [3.05, 3.63) is 70.9 Å². The third kappa shape index (κ3) is 7.82. The number of rotatable bonds is 12. The van der Waals surface area contributed by atoms with E-state index in [0.717, 1.165) is 17.8 Å². The Morgan fingerprint density at radius 3 is 2.15 bits per heavy atom. The van der Waals surface area contributed by atoms with E-state index in [1.165, 1.54) is 24.3 Å². The monoisotopic (exact) mass is 648 g/mol. The molecule has 1 heterocycles. The number of nitrogens with zero attached hydrogens (tertiary/aromatic N) is 1. The summed E-state index contributed by atoms with van der Waals surface area (Å²) >= 11 is 7.02.